The van der Waals surface area contributed by atoms with Gasteiger partial charge in [-0.3, -0.25) is 9.59 Å². The molecule has 1 atom stereocenters. The zero-order valence-electron chi connectivity index (χ0n) is 18.4. The maximum atomic E-state index is 13.2. The lowest BCUT2D eigenvalue weighted by Crippen LogP contribution is -2.49. The number of hydrogen-bond donors (Lipinski definition) is 1. The first-order valence-corrected chi connectivity index (χ1v) is 12.0. The van der Waals surface area contributed by atoms with E-state index in [0.29, 0.717) is 18.7 Å². The van der Waals surface area contributed by atoms with Crippen molar-refractivity contribution in [1.82, 2.24) is 10.2 Å². The molecular weight excluding hydrogens is 408 g/mol. The van der Waals surface area contributed by atoms with Crippen LogP contribution in [0.4, 0.5) is 0 Å². The van der Waals surface area contributed by atoms with Crippen LogP contribution < -0.4 is 10.1 Å². The normalized spacial score (nSPS) is 14.8. The second-order valence-corrected chi connectivity index (χ2v) is 9.12. The van der Waals surface area contributed by atoms with Gasteiger partial charge in [-0.15, -0.1) is 11.8 Å². The lowest BCUT2D eigenvalue weighted by atomic mass is 10.1. The Morgan fingerprint density at radius 3 is 2.58 bits per heavy atom. The van der Waals surface area contributed by atoms with Gasteiger partial charge in [-0.25, -0.2) is 0 Å². The number of nitrogens with one attached hydrogen (secondary N) is 1. The highest BCUT2D eigenvalue weighted by molar-refractivity contribution is 7.99. The van der Waals surface area contributed by atoms with Crippen molar-refractivity contribution in [2.24, 2.45) is 0 Å². The van der Waals surface area contributed by atoms with Gasteiger partial charge in [0.05, 0.1) is 7.11 Å². The Hall–Kier alpha value is -2.47. The summed E-state index contributed by atoms with van der Waals surface area (Å²) in [6, 6.07) is 17.4. The number of amides is 2. The Morgan fingerprint density at radius 2 is 1.87 bits per heavy atom. The number of hydrogen-bond acceptors (Lipinski definition) is 4. The van der Waals surface area contributed by atoms with Gasteiger partial charge in [-0.2, -0.15) is 0 Å². The summed E-state index contributed by atoms with van der Waals surface area (Å²) in [5.41, 5.74) is 0.948. The van der Waals surface area contributed by atoms with Crippen LogP contribution in [0.2, 0.25) is 0 Å². The third kappa shape index (κ3) is 7.03. The molecule has 3 rings (SSSR count). The quantitative estimate of drug-likeness (QED) is 0.546. The third-order valence-corrected chi connectivity index (χ3v) is 6.70. The van der Waals surface area contributed by atoms with Crippen molar-refractivity contribution in [1.29, 1.82) is 0 Å². The molecule has 0 aliphatic heterocycles. The molecule has 2 aromatic carbocycles. The summed E-state index contributed by atoms with van der Waals surface area (Å²) < 4.78 is 5.32. The van der Waals surface area contributed by atoms with E-state index in [1.165, 1.54) is 0 Å². The molecule has 0 radical (unpaired) electrons. The molecule has 5 nitrogen and oxygen atoms in total. The predicted octanol–water partition coefficient (Wildman–Crippen LogP) is 4.65. The van der Waals surface area contributed by atoms with Gasteiger partial charge in [0.25, 0.3) is 0 Å². The monoisotopic (exact) mass is 440 g/mol. The topological polar surface area (TPSA) is 58.6 Å². The van der Waals surface area contributed by atoms with E-state index in [4.69, 9.17) is 4.74 Å². The molecule has 0 heterocycles. The molecule has 2 aromatic rings. The summed E-state index contributed by atoms with van der Waals surface area (Å²) in [7, 11) is 1.63. The van der Waals surface area contributed by atoms with Gasteiger partial charge >= 0.3 is 0 Å². The van der Waals surface area contributed by atoms with E-state index in [1.54, 1.807) is 23.8 Å². The average Bonchev–Trinajstić information content (AvgIpc) is 3.30. The minimum Gasteiger partial charge on any atom is -0.497 e. The number of ether oxygens (including phenoxy) is 1. The maximum Gasteiger partial charge on any atom is 0.242 e. The van der Waals surface area contributed by atoms with Crippen LogP contribution in [0.3, 0.4) is 0 Å². The standard InChI is InChI=1S/C25H32N2O3S/c1-19(25(29)26-21-10-6-7-11-21)27(18-20-9-8-12-22(17-20)30-2)24(28)15-16-31-23-13-4-3-5-14-23/h3-5,8-9,12-14,17,19,21H,6-7,10-11,15-16,18H2,1-2H3,(H,26,29)/t19-/m1/s1. The fourth-order valence-electron chi connectivity index (χ4n) is 3.86. The minimum atomic E-state index is -0.527. The molecule has 1 aliphatic rings. The predicted molar refractivity (Wildman–Crippen MR) is 125 cm³/mol. The molecule has 0 aromatic heterocycles. The average molecular weight is 441 g/mol. The van der Waals surface area contributed by atoms with Crippen LogP contribution in [0.15, 0.2) is 59.5 Å². The molecule has 31 heavy (non-hydrogen) atoms. The first kappa shape index (κ1) is 23.2. The van der Waals surface area contributed by atoms with E-state index in [0.717, 1.165) is 41.9 Å². The summed E-state index contributed by atoms with van der Waals surface area (Å²) in [5, 5.41) is 3.14. The summed E-state index contributed by atoms with van der Waals surface area (Å²) in [6.45, 7) is 2.21. The number of carbonyl (C=O) groups excluding carboxylic acids is 2. The van der Waals surface area contributed by atoms with Crippen molar-refractivity contribution in [3.05, 3.63) is 60.2 Å². The molecule has 0 bridgehead atoms. The van der Waals surface area contributed by atoms with Crippen LogP contribution in [-0.2, 0) is 16.1 Å². The van der Waals surface area contributed by atoms with Crippen LogP contribution in [0.1, 0.15) is 44.6 Å². The number of carbonyl (C=O) groups is 2. The molecule has 0 spiro atoms. The van der Waals surface area contributed by atoms with Crippen LogP contribution >= 0.6 is 11.8 Å². The molecule has 0 unspecified atom stereocenters. The van der Waals surface area contributed by atoms with Crippen LogP contribution in [0.5, 0.6) is 5.75 Å². The summed E-state index contributed by atoms with van der Waals surface area (Å²) in [6.07, 6.45) is 4.74. The van der Waals surface area contributed by atoms with Gasteiger partial charge in [0.2, 0.25) is 11.8 Å². The van der Waals surface area contributed by atoms with Crippen molar-refractivity contribution in [2.75, 3.05) is 12.9 Å². The second kappa shape index (κ2) is 11.8. The fraction of sp³-hybridized carbons (Fsp3) is 0.440. The highest BCUT2D eigenvalue weighted by Gasteiger charge is 2.28. The molecule has 0 saturated heterocycles. The Balaban J connectivity index is 1.67. The van der Waals surface area contributed by atoms with Crippen LogP contribution in [0, 0.1) is 0 Å². The molecule has 1 fully saturated rings. The van der Waals surface area contributed by atoms with Crippen molar-refractivity contribution in [3.63, 3.8) is 0 Å². The van der Waals surface area contributed by atoms with E-state index in [2.05, 4.69) is 5.32 Å². The molecule has 166 valence electrons. The van der Waals surface area contributed by atoms with E-state index >= 15 is 0 Å². The van der Waals surface area contributed by atoms with Crippen molar-refractivity contribution >= 4 is 23.6 Å². The first-order valence-electron chi connectivity index (χ1n) is 11.0. The molecule has 1 aliphatic carbocycles. The highest BCUT2D eigenvalue weighted by Crippen LogP contribution is 2.22. The SMILES string of the molecule is COc1cccc(CN(C(=O)CCSc2ccccc2)[C@H](C)C(=O)NC2CCCC2)c1. The van der Waals surface area contributed by atoms with Crippen LogP contribution in [-0.4, -0.2) is 41.7 Å². The Bertz CT molecular complexity index is 853. The molecule has 2 amide bonds. The smallest absolute Gasteiger partial charge is 0.242 e. The zero-order valence-corrected chi connectivity index (χ0v) is 19.2. The van der Waals surface area contributed by atoms with Gasteiger partial charge in [-0.05, 0) is 49.6 Å². The molecular formula is C25H32N2O3S. The van der Waals surface area contributed by atoms with E-state index in [1.807, 2.05) is 61.5 Å². The van der Waals surface area contributed by atoms with E-state index in [-0.39, 0.29) is 17.9 Å². The largest absolute Gasteiger partial charge is 0.497 e. The van der Waals surface area contributed by atoms with E-state index in [9.17, 15) is 9.59 Å². The van der Waals surface area contributed by atoms with Crippen molar-refractivity contribution in [2.45, 2.75) is 62.6 Å². The Kier molecular flexibility index (Phi) is 8.83. The van der Waals surface area contributed by atoms with Gasteiger partial charge in [0.15, 0.2) is 0 Å². The van der Waals surface area contributed by atoms with Gasteiger partial charge in [-0.1, -0.05) is 43.2 Å². The number of nitrogens with zero attached hydrogens (tertiary/aromatic N) is 1. The number of thioether (sulfide) groups is 1. The third-order valence-electron chi connectivity index (χ3n) is 5.68. The van der Waals surface area contributed by atoms with Crippen molar-refractivity contribution in [3.8, 4) is 5.75 Å². The Morgan fingerprint density at radius 1 is 1.13 bits per heavy atom. The lowest BCUT2D eigenvalue weighted by molar-refractivity contribution is -0.140. The van der Waals surface area contributed by atoms with Crippen molar-refractivity contribution < 1.29 is 14.3 Å². The number of rotatable bonds is 10. The lowest BCUT2D eigenvalue weighted by Gasteiger charge is -2.30. The first-order chi connectivity index (χ1) is 15.1. The summed E-state index contributed by atoms with van der Waals surface area (Å²) in [5.74, 6) is 1.33. The second-order valence-electron chi connectivity index (χ2n) is 7.95. The molecule has 6 heteroatoms. The fourth-order valence-corrected chi connectivity index (χ4v) is 4.72. The molecule has 1 saturated carbocycles. The summed E-state index contributed by atoms with van der Waals surface area (Å²) in [4.78, 5) is 28.9. The zero-order chi connectivity index (χ0) is 22.1. The number of methoxy groups -OCH3 is 1. The Labute approximate surface area is 189 Å². The maximum absolute atomic E-state index is 13.2. The minimum absolute atomic E-state index is 0.0136. The highest BCUT2D eigenvalue weighted by atomic mass is 32.2. The summed E-state index contributed by atoms with van der Waals surface area (Å²) >= 11 is 1.66. The van der Waals surface area contributed by atoms with Crippen LogP contribution in [0.25, 0.3) is 0 Å². The van der Waals surface area contributed by atoms with E-state index < -0.39 is 6.04 Å². The molecule has 1 N–H and O–H groups in total. The van der Waals surface area contributed by atoms with Gasteiger partial charge < -0.3 is 15.0 Å². The number of benzene rings is 2. The van der Waals surface area contributed by atoms with Gasteiger partial charge in [0.1, 0.15) is 11.8 Å². The van der Waals surface area contributed by atoms with Gasteiger partial charge in [0, 0.05) is 29.7 Å².